The molecule has 4 heteroatoms. The van der Waals surface area contributed by atoms with E-state index in [1.54, 1.807) is 0 Å². The standard InChI is InChI=1S/C14H16N4/c1-10-9-13(16-12-7-8-12)18-14(15-10)17-11-5-3-2-4-6-11/h2-6,9,12H,7-8H2,1H3,(H2,15,16,17,18). The first-order chi connectivity index (χ1) is 8.79. The molecule has 1 aromatic carbocycles. The molecule has 92 valence electrons. The molecule has 3 rings (SSSR count). The van der Waals surface area contributed by atoms with Crippen molar-refractivity contribution in [2.75, 3.05) is 10.6 Å². The lowest BCUT2D eigenvalue weighted by Crippen LogP contribution is -2.06. The van der Waals surface area contributed by atoms with Gasteiger partial charge in [-0.15, -0.1) is 0 Å². The minimum absolute atomic E-state index is 0.601. The summed E-state index contributed by atoms with van der Waals surface area (Å²) in [7, 11) is 0. The number of nitrogens with zero attached hydrogens (tertiary/aromatic N) is 2. The van der Waals surface area contributed by atoms with E-state index in [9.17, 15) is 0 Å². The van der Waals surface area contributed by atoms with Crippen LogP contribution in [0.4, 0.5) is 17.5 Å². The Kier molecular flexibility index (Phi) is 2.84. The third-order valence-electron chi connectivity index (χ3n) is 2.81. The Labute approximate surface area is 106 Å². The maximum atomic E-state index is 4.48. The molecule has 0 radical (unpaired) electrons. The predicted octanol–water partition coefficient (Wildman–Crippen LogP) is 3.10. The van der Waals surface area contributed by atoms with E-state index < -0.39 is 0 Å². The number of aryl methyl sites for hydroxylation is 1. The van der Waals surface area contributed by atoms with Gasteiger partial charge in [-0.3, -0.25) is 0 Å². The number of anilines is 3. The summed E-state index contributed by atoms with van der Waals surface area (Å²) in [6.45, 7) is 1.98. The molecule has 0 saturated heterocycles. The predicted molar refractivity (Wildman–Crippen MR) is 73.1 cm³/mol. The zero-order valence-electron chi connectivity index (χ0n) is 10.4. The largest absolute Gasteiger partial charge is 0.367 e. The third-order valence-corrected chi connectivity index (χ3v) is 2.81. The van der Waals surface area contributed by atoms with E-state index >= 15 is 0 Å². The van der Waals surface area contributed by atoms with Gasteiger partial charge in [0.15, 0.2) is 0 Å². The molecular formula is C14H16N4. The van der Waals surface area contributed by atoms with Gasteiger partial charge in [-0.1, -0.05) is 18.2 Å². The first-order valence-corrected chi connectivity index (χ1v) is 6.24. The summed E-state index contributed by atoms with van der Waals surface area (Å²) in [6.07, 6.45) is 2.48. The Bertz CT molecular complexity index is 535. The molecule has 1 aliphatic carbocycles. The summed E-state index contributed by atoms with van der Waals surface area (Å²) in [5.74, 6) is 1.55. The van der Waals surface area contributed by atoms with E-state index in [1.807, 2.05) is 43.3 Å². The second kappa shape index (κ2) is 4.64. The fourth-order valence-corrected chi connectivity index (χ4v) is 1.79. The van der Waals surface area contributed by atoms with Crippen LogP contribution in [0.15, 0.2) is 36.4 Å². The van der Waals surface area contributed by atoms with Gasteiger partial charge >= 0.3 is 0 Å². The average Bonchev–Trinajstić information content (AvgIpc) is 3.13. The van der Waals surface area contributed by atoms with E-state index in [-0.39, 0.29) is 0 Å². The molecule has 18 heavy (non-hydrogen) atoms. The van der Waals surface area contributed by atoms with E-state index in [0.29, 0.717) is 12.0 Å². The molecule has 0 bridgehead atoms. The Balaban J connectivity index is 1.80. The van der Waals surface area contributed by atoms with Crippen LogP contribution in [-0.2, 0) is 0 Å². The molecule has 0 atom stereocenters. The second-order valence-corrected chi connectivity index (χ2v) is 4.63. The number of hydrogen-bond acceptors (Lipinski definition) is 4. The van der Waals surface area contributed by atoms with Gasteiger partial charge in [-0.25, -0.2) is 4.98 Å². The number of benzene rings is 1. The minimum Gasteiger partial charge on any atom is -0.367 e. The van der Waals surface area contributed by atoms with Crippen molar-refractivity contribution in [1.82, 2.24) is 9.97 Å². The Morgan fingerprint density at radius 3 is 2.61 bits per heavy atom. The van der Waals surface area contributed by atoms with E-state index in [4.69, 9.17) is 0 Å². The lowest BCUT2D eigenvalue weighted by Gasteiger charge is -2.09. The van der Waals surface area contributed by atoms with Crippen LogP contribution in [0, 0.1) is 6.92 Å². The normalized spacial score (nSPS) is 14.3. The molecule has 1 heterocycles. The van der Waals surface area contributed by atoms with Gasteiger partial charge < -0.3 is 10.6 Å². The van der Waals surface area contributed by atoms with Crippen molar-refractivity contribution in [3.8, 4) is 0 Å². The average molecular weight is 240 g/mol. The summed E-state index contributed by atoms with van der Waals surface area (Å²) in [4.78, 5) is 8.87. The monoisotopic (exact) mass is 240 g/mol. The maximum absolute atomic E-state index is 4.48. The van der Waals surface area contributed by atoms with Crippen molar-refractivity contribution in [2.24, 2.45) is 0 Å². The Hall–Kier alpha value is -2.10. The lowest BCUT2D eigenvalue weighted by molar-refractivity contribution is 1.06. The molecule has 1 aliphatic rings. The number of rotatable bonds is 4. The zero-order valence-corrected chi connectivity index (χ0v) is 10.4. The second-order valence-electron chi connectivity index (χ2n) is 4.63. The van der Waals surface area contributed by atoms with Crippen LogP contribution in [0.3, 0.4) is 0 Å². The first-order valence-electron chi connectivity index (χ1n) is 6.24. The fraction of sp³-hybridized carbons (Fsp3) is 0.286. The summed E-state index contributed by atoms with van der Waals surface area (Å²) < 4.78 is 0. The van der Waals surface area contributed by atoms with Crippen LogP contribution in [0.1, 0.15) is 18.5 Å². The van der Waals surface area contributed by atoms with Crippen molar-refractivity contribution < 1.29 is 0 Å². The topological polar surface area (TPSA) is 49.8 Å². The quantitative estimate of drug-likeness (QED) is 0.862. The summed E-state index contributed by atoms with van der Waals surface area (Å²) >= 11 is 0. The van der Waals surface area contributed by atoms with Gasteiger partial charge in [-0.2, -0.15) is 4.98 Å². The molecule has 1 saturated carbocycles. The smallest absolute Gasteiger partial charge is 0.229 e. The summed E-state index contributed by atoms with van der Waals surface area (Å²) in [5, 5.41) is 6.61. The molecule has 2 aromatic rings. The molecule has 0 amide bonds. The highest BCUT2D eigenvalue weighted by Crippen LogP contribution is 2.24. The fourth-order valence-electron chi connectivity index (χ4n) is 1.79. The van der Waals surface area contributed by atoms with Crippen LogP contribution in [0.25, 0.3) is 0 Å². The number of hydrogen-bond donors (Lipinski definition) is 2. The summed E-state index contributed by atoms with van der Waals surface area (Å²) in [5.41, 5.74) is 1.96. The van der Waals surface area contributed by atoms with Crippen molar-refractivity contribution >= 4 is 17.5 Å². The van der Waals surface area contributed by atoms with Crippen molar-refractivity contribution in [3.63, 3.8) is 0 Å². The highest BCUT2D eigenvalue weighted by Gasteiger charge is 2.21. The van der Waals surface area contributed by atoms with Crippen LogP contribution in [0.5, 0.6) is 0 Å². The van der Waals surface area contributed by atoms with E-state index in [1.165, 1.54) is 12.8 Å². The van der Waals surface area contributed by atoms with Crippen LogP contribution < -0.4 is 10.6 Å². The zero-order chi connectivity index (χ0) is 12.4. The lowest BCUT2D eigenvalue weighted by atomic mass is 10.3. The minimum atomic E-state index is 0.601. The molecule has 4 nitrogen and oxygen atoms in total. The van der Waals surface area contributed by atoms with Gasteiger partial charge in [-0.05, 0) is 31.9 Å². The molecule has 0 aliphatic heterocycles. The van der Waals surface area contributed by atoms with E-state index in [2.05, 4.69) is 20.6 Å². The van der Waals surface area contributed by atoms with Gasteiger partial charge in [0.1, 0.15) is 5.82 Å². The highest BCUT2D eigenvalue weighted by molar-refractivity contribution is 5.55. The van der Waals surface area contributed by atoms with Crippen LogP contribution in [0.2, 0.25) is 0 Å². The Morgan fingerprint density at radius 2 is 1.89 bits per heavy atom. The third kappa shape index (κ3) is 2.77. The molecule has 1 aromatic heterocycles. The number of aromatic nitrogens is 2. The number of nitrogens with one attached hydrogen (secondary N) is 2. The molecule has 2 N–H and O–H groups in total. The first kappa shape index (κ1) is 11.0. The summed E-state index contributed by atoms with van der Waals surface area (Å²) in [6, 6.07) is 12.5. The van der Waals surface area contributed by atoms with Gasteiger partial charge in [0.25, 0.3) is 0 Å². The maximum Gasteiger partial charge on any atom is 0.229 e. The SMILES string of the molecule is Cc1cc(NC2CC2)nc(Nc2ccccc2)n1. The molecule has 0 spiro atoms. The van der Waals surface area contributed by atoms with Gasteiger partial charge in [0.2, 0.25) is 5.95 Å². The van der Waals surface area contributed by atoms with Gasteiger partial charge in [0, 0.05) is 23.5 Å². The van der Waals surface area contributed by atoms with Gasteiger partial charge in [0.05, 0.1) is 0 Å². The van der Waals surface area contributed by atoms with Crippen molar-refractivity contribution in [3.05, 3.63) is 42.1 Å². The number of para-hydroxylation sites is 1. The molecule has 0 unspecified atom stereocenters. The van der Waals surface area contributed by atoms with Crippen molar-refractivity contribution in [2.45, 2.75) is 25.8 Å². The molecule has 1 fully saturated rings. The van der Waals surface area contributed by atoms with Crippen LogP contribution >= 0.6 is 0 Å². The van der Waals surface area contributed by atoms with E-state index in [0.717, 1.165) is 17.2 Å². The highest BCUT2D eigenvalue weighted by atomic mass is 15.2. The Morgan fingerprint density at radius 1 is 1.11 bits per heavy atom. The van der Waals surface area contributed by atoms with Crippen LogP contribution in [-0.4, -0.2) is 16.0 Å². The van der Waals surface area contributed by atoms with Crippen molar-refractivity contribution in [1.29, 1.82) is 0 Å². The molecular weight excluding hydrogens is 224 g/mol.